The Morgan fingerprint density at radius 2 is 1.07 bits per heavy atom. The fraction of sp³-hybridized carbons (Fsp3) is 0.517. The molecule has 0 radical (unpaired) electrons. The molecule has 234 valence electrons. The van der Waals surface area contributed by atoms with Gasteiger partial charge in [-0.3, -0.25) is 4.79 Å². The highest BCUT2D eigenvalue weighted by Gasteiger charge is 2.20. The van der Waals surface area contributed by atoms with E-state index in [0.29, 0.717) is 25.8 Å². The zero-order valence-electron chi connectivity index (χ0n) is 24.3. The van der Waals surface area contributed by atoms with Crippen molar-refractivity contribution < 1.29 is 57.2 Å². The van der Waals surface area contributed by atoms with E-state index >= 15 is 0 Å². The number of unbranched alkanes of at least 4 members (excludes halogenated alkanes) is 4. The number of carbonyl (C=O) groups is 6. The molecule has 2 unspecified atom stereocenters. The molecule has 0 saturated carbocycles. The topological polar surface area (TPSA) is 170 Å². The molecule has 0 aromatic heterocycles. The van der Waals surface area contributed by atoms with Crippen LogP contribution in [-0.2, 0) is 52.4 Å². The van der Waals surface area contributed by atoms with Crippen molar-refractivity contribution in [3.8, 4) is 0 Å². The number of carbonyl (C=O) groups excluding carboxylic acids is 6. The van der Waals surface area contributed by atoms with Gasteiger partial charge in [-0.05, 0) is 26.7 Å². The van der Waals surface area contributed by atoms with Crippen LogP contribution in [0.25, 0.3) is 0 Å². The molecule has 0 heterocycles. The number of esters is 5. The second kappa shape index (κ2) is 22.3. The van der Waals surface area contributed by atoms with Gasteiger partial charge in [-0.1, -0.05) is 45.6 Å². The number of hydrogen-bond donors (Lipinski definition) is 1. The fourth-order valence-electron chi connectivity index (χ4n) is 2.84. The van der Waals surface area contributed by atoms with Crippen LogP contribution in [0.3, 0.4) is 0 Å². The smallest absolute Gasteiger partial charge is 0.407 e. The van der Waals surface area contributed by atoms with E-state index in [1.807, 2.05) is 0 Å². The average molecular weight is 596 g/mol. The maximum Gasteiger partial charge on any atom is 0.407 e. The molecule has 42 heavy (non-hydrogen) atoms. The molecular weight excluding hydrogens is 554 g/mol. The second-order valence-electron chi connectivity index (χ2n) is 9.01. The summed E-state index contributed by atoms with van der Waals surface area (Å²) in [5.74, 6) is -3.30. The van der Waals surface area contributed by atoms with Gasteiger partial charge < -0.3 is 33.7 Å². The summed E-state index contributed by atoms with van der Waals surface area (Å²) in [6, 6.07) is 0. The minimum Gasteiger partial charge on any atom is -0.458 e. The molecule has 0 saturated heterocycles. The van der Waals surface area contributed by atoms with Gasteiger partial charge in [0, 0.05) is 36.3 Å². The first kappa shape index (κ1) is 37.6. The average Bonchev–Trinajstić information content (AvgIpc) is 2.95. The maximum absolute atomic E-state index is 12.2. The van der Waals surface area contributed by atoms with E-state index in [-0.39, 0.29) is 44.0 Å². The standard InChI is InChI=1S/C29H41NO12/c1-7-24(31)37-16-22(18-39-27(34)20(3)4)41-26(33)14-12-10-9-11-13-15-30-29(36)42-23(17-38-25(32)8-2)19-40-28(35)21(5)6/h7-8,22-23H,1-3,5,9-19H2,4,6H3,(H,30,36). The van der Waals surface area contributed by atoms with Crippen LogP contribution in [0.5, 0.6) is 0 Å². The minimum atomic E-state index is -1.02. The first-order valence-electron chi connectivity index (χ1n) is 13.3. The van der Waals surface area contributed by atoms with Crippen molar-refractivity contribution in [3.63, 3.8) is 0 Å². The van der Waals surface area contributed by atoms with Crippen molar-refractivity contribution in [2.75, 3.05) is 33.0 Å². The highest BCUT2D eigenvalue weighted by Crippen LogP contribution is 2.08. The number of ether oxygens (including phenoxy) is 6. The van der Waals surface area contributed by atoms with E-state index in [9.17, 15) is 28.8 Å². The van der Waals surface area contributed by atoms with E-state index in [4.69, 9.17) is 28.4 Å². The van der Waals surface area contributed by atoms with Crippen molar-refractivity contribution >= 4 is 35.9 Å². The molecule has 2 atom stereocenters. The van der Waals surface area contributed by atoms with E-state index in [1.165, 1.54) is 13.8 Å². The zero-order valence-corrected chi connectivity index (χ0v) is 24.3. The molecule has 0 bridgehead atoms. The summed E-state index contributed by atoms with van der Waals surface area (Å²) in [6.07, 6.45) is 2.66. The van der Waals surface area contributed by atoms with Crippen molar-refractivity contribution in [2.45, 2.75) is 64.6 Å². The van der Waals surface area contributed by atoms with E-state index in [0.717, 1.165) is 25.0 Å². The Balaban J connectivity index is 4.32. The van der Waals surface area contributed by atoms with Crippen LogP contribution in [-0.4, -0.2) is 81.1 Å². The summed E-state index contributed by atoms with van der Waals surface area (Å²) >= 11 is 0. The molecule has 0 aliphatic rings. The molecule has 0 aromatic rings. The number of amides is 1. The van der Waals surface area contributed by atoms with Crippen molar-refractivity contribution in [1.29, 1.82) is 0 Å². The molecule has 0 fully saturated rings. The molecule has 0 spiro atoms. The molecule has 0 aliphatic heterocycles. The lowest BCUT2D eigenvalue weighted by molar-refractivity contribution is -0.164. The van der Waals surface area contributed by atoms with Crippen LogP contribution in [0.15, 0.2) is 49.6 Å². The molecule has 0 rings (SSSR count). The Kier molecular flexibility index (Phi) is 19.9. The largest absolute Gasteiger partial charge is 0.458 e. The summed E-state index contributed by atoms with van der Waals surface area (Å²) in [6.45, 7) is 15.5. The van der Waals surface area contributed by atoms with Crippen LogP contribution in [0.1, 0.15) is 52.4 Å². The summed E-state index contributed by atoms with van der Waals surface area (Å²) in [5.41, 5.74) is 0.336. The number of nitrogens with one attached hydrogen (secondary N) is 1. The lowest BCUT2D eigenvalue weighted by Gasteiger charge is -2.18. The highest BCUT2D eigenvalue weighted by atomic mass is 16.6. The zero-order chi connectivity index (χ0) is 31.9. The lowest BCUT2D eigenvalue weighted by atomic mass is 10.1. The molecule has 13 nitrogen and oxygen atoms in total. The monoisotopic (exact) mass is 595 g/mol. The molecule has 1 N–H and O–H groups in total. The van der Waals surface area contributed by atoms with Gasteiger partial charge >= 0.3 is 35.9 Å². The van der Waals surface area contributed by atoms with E-state index < -0.39 is 48.1 Å². The van der Waals surface area contributed by atoms with Gasteiger partial charge in [0.2, 0.25) is 0 Å². The quantitative estimate of drug-likeness (QED) is 0.0841. The van der Waals surface area contributed by atoms with Gasteiger partial charge in [-0.2, -0.15) is 0 Å². The molecule has 0 aromatic carbocycles. The third-order valence-corrected chi connectivity index (χ3v) is 5.05. The van der Waals surface area contributed by atoms with Gasteiger partial charge in [0.05, 0.1) is 0 Å². The Morgan fingerprint density at radius 3 is 1.55 bits per heavy atom. The Morgan fingerprint density at radius 1 is 0.643 bits per heavy atom. The van der Waals surface area contributed by atoms with E-state index in [2.05, 4.69) is 31.6 Å². The van der Waals surface area contributed by atoms with Crippen molar-refractivity contribution in [3.05, 3.63) is 49.6 Å². The number of alkyl carbamates (subject to hydrolysis) is 1. The third kappa shape index (κ3) is 19.6. The van der Waals surface area contributed by atoms with Crippen LogP contribution in [0, 0.1) is 0 Å². The predicted molar refractivity (Wildman–Crippen MR) is 150 cm³/mol. The Hall–Kier alpha value is -4.42. The van der Waals surface area contributed by atoms with Gasteiger partial charge in [-0.15, -0.1) is 0 Å². The Labute approximate surface area is 245 Å². The number of hydrogen-bond acceptors (Lipinski definition) is 12. The minimum absolute atomic E-state index is 0.110. The fourth-order valence-corrected chi connectivity index (χ4v) is 2.84. The number of rotatable bonds is 22. The third-order valence-electron chi connectivity index (χ3n) is 5.05. The summed E-state index contributed by atoms with van der Waals surface area (Å²) in [7, 11) is 0. The van der Waals surface area contributed by atoms with Crippen LogP contribution in [0.4, 0.5) is 4.79 Å². The summed E-state index contributed by atoms with van der Waals surface area (Å²) in [5, 5.41) is 2.57. The molecule has 1 amide bonds. The molecular formula is C29H41NO12. The normalized spacial score (nSPS) is 11.5. The van der Waals surface area contributed by atoms with Gasteiger partial charge in [0.15, 0.2) is 12.2 Å². The van der Waals surface area contributed by atoms with Gasteiger partial charge in [-0.25, -0.2) is 24.0 Å². The molecule has 0 aliphatic carbocycles. The maximum atomic E-state index is 12.2. The predicted octanol–water partition coefficient (Wildman–Crippen LogP) is 3.03. The first-order valence-corrected chi connectivity index (χ1v) is 13.3. The van der Waals surface area contributed by atoms with Crippen molar-refractivity contribution in [1.82, 2.24) is 5.32 Å². The van der Waals surface area contributed by atoms with Gasteiger partial charge in [0.25, 0.3) is 0 Å². The van der Waals surface area contributed by atoms with Crippen LogP contribution >= 0.6 is 0 Å². The summed E-state index contributed by atoms with van der Waals surface area (Å²) in [4.78, 5) is 70.1. The summed E-state index contributed by atoms with van der Waals surface area (Å²) < 4.78 is 30.2. The highest BCUT2D eigenvalue weighted by molar-refractivity contribution is 5.87. The Bertz CT molecular complexity index is 909. The SMILES string of the molecule is C=CC(=O)OCC(COC(=O)C(=C)C)OC(=O)CCCCCCCNC(=O)OC(COC(=O)C=C)COC(=O)C(=C)C. The lowest BCUT2D eigenvalue weighted by Crippen LogP contribution is -2.35. The van der Waals surface area contributed by atoms with Crippen molar-refractivity contribution in [2.24, 2.45) is 0 Å². The van der Waals surface area contributed by atoms with Gasteiger partial charge in [0.1, 0.15) is 26.4 Å². The van der Waals surface area contributed by atoms with Crippen LogP contribution < -0.4 is 5.32 Å². The second-order valence-corrected chi connectivity index (χ2v) is 9.01. The molecule has 13 heteroatoms. The van der Waals surface area contributed by atoms with E-state index in [1.54, 1.807) is 0 Å². The first-order chi connectivity index (χ1) is 19.9. The van der Waals surface area contributed by atoms with Crippen LogP contribution in [0.2, 0.25) is 0 Å².